The minimum Gasteiger partial charge on any atom is -0.493 e. The number of benzene rings is 1. The average Bonchev–Trinajstić information content (AvgIpc) is 2.48. The summed E-state index contributed by atoms with van der Waals surface area (Å²) in [6, 6.07) is 7.27. The van der Waals surface area contributed by atoms with Gasteiger partial charge in [-0.1, -0.05) is 31.5 Å². The summed E-state index contributed by atoms with van der Waals surface area (Å²) < 4.78 is 5.91. The molecule has 0 heterocycles. The summed E-state index contributed by atoms with van der Waals surface area (Å²) in [4.78, 5) is 0. The van der Waals surface area contributed by atoms with Gasteiger partial charge in [-0.15, -0.1) is 0 Å². The maximum atomic E-state index is 5.91. The highest BCUT2D eigenvalue weighted by Gasteiger charge is 2.29. The van der Waals surface area contributed by atoms with E-state index in [-0.39, 0.29) is 0 Å². The number of nitrogens with two attached hydrogens (primary N) is 1. The Morgan fingerprint density at radius 3 is 2.73 bits per heavy atom. The van der Waals surface area contributed by atoms with Crippen LogP contribution < -0.4 is 10.1 Å². The first-order chi connectivity index (χ1) is 10.6. The van der Waals surface area contributed by atoms with Crippen LogP contribution in [0, 0.1) is 25.7 Å². The number of ether oxygens (including phenoxy) is 1. The number of aryl methyl sites for hydroxylation is 2. The number of hydrogen-bond acceptors (Lipinski definition) is 1. The highest BCUT2D eigenvalue weighted by atomic mass is 16.5. The molecule has 0 unspecified atom stereocenters. The number of quaternary nitrogens is 1. The third-order valence-corrected chi connectivity index (χ3v) is 5.43. The number of hydrogen-bond donors (Lipinski definition) is 1. The van der Waals surface area contributed by atoms with Gasteiger partial charge in [-0.05, 0) is 63.5 Å². The smallest absolute Gasteiger partial charge is 0.122 e. The van der Waals surface area contributed by atoms with Crippen molar-refractivity contribution in [3.63, 3.8) is 0 Å². The maximum absolute atomic E-state index is 5.91. The zero-order valence-electron chi connectivity index (χ0n) is 14.9. The molecule has 1 aliphatic carbocycles. The lowest BCUT2D eigenvalue weighted by Gasteiger charge is -2.32. The van der Waals surface area contributed by atoms with Crippen LogP contribution in [0.3, 0.4) is 0 Å². The van der Waals surface area contributed by atoms with Crippen LogP contribution in [-0.2, 0) is 0 Å². The molecule has 124 valence electrons. The van der Waals surface area contributed by atoms with E-state index < -0.39 is 0 Å². The van der Waals surface area contributed by atoms with Crippen molar-refractivity contribution < 1.29 is 10.1 Å². The fourth-order valence-corrected chi connectivity index (χ4v) is 3.68. The SMILES string of the molecule is Cc1ccc(OCCCC[NH2+][C@@H]2CCC[C@@H](C)[C@H]2C)c(C)c1. The Bertz CT molecular complexity index is 457. The summed E-state index contributed by atoms with van der Waals surface area (Å²) in [5.41, 5.74) is 2.55. The monoisotopic (exact) mass is 304 g/mol. The lowest BCUT2D eigenvalue weighted by molar-refractivity contribution is -0.699. The summed E-state index contributed by atoms with van der Waals surface area (Å²) in [6.45, 7) is 11.2. The summed E-state index contributed by atoms with van der Waals surface area (Å²) >= 11 is 0. The molecule has 0 amide bonds. The Morgan fingerprint density at radius 2 is 1.95 bits per heavy atom. The molecule has 2 nitrogen and oxygen atoms in total. The van der Waals surface area contributed by atoms with E-state index in [0.29, 0.717) is 0 Å². The van der Waals surface area contributed by atoms with Crippen molar-refractivity contribution in [2.24, 2.45) is 11.8 Å². The molecular formula is C20H34NO+. The fraction of sp³-hybridized carbons (Fsp3) is 0.700. The van der Waals surface area contributed by atoms with Crippen LogP contribution in [0.15, 0.2) is 18.2 Å². The van der Waals surface area contributed by atoms with Crippen molar-refractivity contribution >= 4 is 0 Å². The van der Waals surface area contributed by atoms with E-state index >= 15 is 0 Å². The van der Waals surface area contributed by atoms with E-state index in [1.165, 1.54) is 43.4 Å². The van der Waals surface area contributed by atoms with Gasteiger partial charge in [0.15, 0.2) is 0 Å². The summed E-state index contributed by atoms with van der Waals surface area (Å²) in [7, 11) is 0. The highest BCUT2D eigenvalue weighted by Crippen LogP contribution is 2.27. The van der Waals surface area contributed by atoms with Gasteiger partial charge in [0.1, 0.15) is 5.75 Å². The maximum Gasteiger partial charge on any atom is 0.122 e. The van der Waals surface area contributed by atoms with Crippen LogP contribution in [0.2, 0.25) is 0 Å². The second kappa shape index (κ2) is 8.57. The van der Waals surface area contributed by atoms with Gasteiger partial charge in [0.25, 0.3) is 0 Å². The molecule has 1 fully saturated rings. The van der Waals surface area contributed by atoms with Crippen molar-refractivity contribution in [1.82, 2.24) is 0 Å². The second-order valence-electron chi connectivity index (χ2n) is 7.28. The molecule has 1 aromatic carbocycles. The zero-order chi connectivity index (χ0) is 15.9. The first-order valence-corrected chi connectivity index (χ1v) is 9.11. The molecule has 2 N–H and O–H groups in total. The standard InChI is InChI=1S/C20H33NO/c1-15-10-11-20(17(3)14-15)22-13-6-5-12-21-19-9-7-8-16(2)18(19)4/h10-11,14,16,18-19,21H,5-9,12-13H2,1-4H3/p+1/t16-,18-,19-/m1/s1. The molecular weight excluding hydrogens is 270 g/mol. The van der Waals surface area contributed by atoms with Gasteiger partial charge in [0, 0.05) is 5.92 Å². The molecule has 2 heteroatoms. The van der Waals surface area contributed by atoms with Gasteiger partial charge in [-0.2, -0.15) is 0 Å². The van der Waals surface area contributed by atoms with Crippen LogP contribution >= 0.6 is 0 Å². The molecule has 22 heavy (non-hydrogen) atoms. The Hall–Kier alpha value is -1.02. The van der Waals surface area contributed by atoms with Crippen LogP contribution in [0.1, 0.15) is 57.1 Å². The Kier molecular flexibility index (Phi) is 6.75. The van der Waals surface area contributed by atoms with Gasteiger partial charge < -0.3 is 10.1 Å². The first kappa shape index (κ1) is 17.3. The van der Waals surface area contributed by atoms with Crippen molar-refractivity contribution in [3.8, 4) is 5.75 Å². The van der Waals surface area contributed by atoms with Crippen molar-refractivity contribution in [1.29, 1.82) is 0 Å². The van der Waals surface area contributed by atoms with Gasteiger partial charge in [-0.25, -0.2) is 0 Å². The molecule has 2 rings (SSSR count). The molecule has 3 atom stereocenters. The minimum atomic E-state index is 0.842. The average molecular weight is 304 g/mol. The third-order valence-electron chi connectivity index (χ3n) is 5.43. The largest absolute Gasteiger partial charge is 0.493 e. The summed E-state index contributed by atoms with van der Waals surface area (Å²) in [6.07, 6.45) is 6.66. The number of unbranched alkanes of at least 4 members (excludes halogenated alkanes) is 1. The quantitative estimate of drug-likeness (QED) is 0.761. The van der Waals surface area contributed by atoms with E-state index in [0.717, 1.165) is 36.7 Å². The predicted molar refractivity (Wildman–Crippen MR) is 93.4 cm³/mol. The van der Waals surface area contributed by atoms with E-state index in [2.05, 4.69) is 51.2 Å². The minimum absolute atomic E-state index is 0.842. The fourth-order valence-electron chi connectivity index (χ4n) is 3.68. The normalized spacial score (nSPS) is 25.2. The number of rotatable bonds is 7. The third kappa shape index (κ3) is 5.01. The van der Waals surface area contributed by atoms with Crippen molar-refractivity contribution in [3.05, 3.63) is 29.3 Å². The van der Waals surface area contributed by atoms with Crippen molar-refractivity contribution in [2.75, 3.05) is 13.2 Å². The molecule has 0 aromatic heterocycles. The van der Waals surface area contributed by atoms with Gasteiger partial charge in [0.2, 0.25) is 0 Å². The second-order valence-corrected chi connectivity index (χ2v) is 7.28. The molecule has 0 aliphatic heterocycles. The Balaban J connectivity index is 1.59. The van der Waals surface area contributed by atoms with Crippen molar-refractivity contribution in [2.45, 2.75) is 65.8 Å². The topological polar surface area (TPSA) is 25.8 Å². The summed E-state index contributed by atoms with van der Waals surface area (Å²) in [5, 5.41) is 2.59. The molecule has 1 aliphatic rings. The van der Waals surface area contributed by atoms with E-state index in [4.69, 9.17) is 4.74 Å². The lowest BCUT2D eigenvalue weighted by atomic mass is 9.78. The Morgan fingerprint density at radius 1 is 1.14 bits per heavy atom. The lowest BCUT2D eigenvalue weighted by Crippen LogP contribution is -2.92. The summed E-state index contributed by atoms with van der Waals surface area (Å²) in [5.74, 6) is 2.83. The van der Waals surface area contributed by atoms with Gasteiger partial charge in [0.05, 0.1) is 19.2 Å². The molecule has 1 aromatic rings. The van der Waals surface area contributed by atoms with E-state index in [1.54, 1.807) is 0 Å². The van der Waals surface area contributed by atoms with Crippen LogP contribution in [0.4, 0.5) is 0 Å². The van der Waals surface area contributed by atoms with Crippen LogP contribution in [0.5, 0.6) is 5.75 Å². The zero-order valence-corrected chi connectivity index (χ0v) is 14.9. The Labute approximate surface area is 136 Å². The predicted octanol–water partition coefficient (Wildman–Crippen LogP) is 3.85. The molecule has 0 bridgehead atoms. The van der Waals surface area contributed by atoms with Gasteiger partial charge in [-0.3, -0.25) is 0 Å². The molecule has 0 saturated heterocycles. The first-order valence-electron chi connectivity index (χ1n) is 9.11. The van der Waals surface area contributed by atoms with Crippen LogP contribution in [0.25, 0.3) is 0 Å². The highest BCUT2D eigenvalue weighted by molar-refractivity contribution is 5.35. The van der Waals surface area contributed by atoms with E-state index in [9.17, 15) is 0 Å². The van der Waals surface area contributed by atoms with Gasteiger partial charge >= 0.3 is 0 Å². The van der Waals surface area contributed by atoms with E-state index in [1.807, 2.05) is 0 Å². The molecule has 1 saturated carbocycles. The van der Waals surface area contributed by atoms with Crippen LogP contribution in [-0.4, -0.2) is 19.2 Å². The molecule has 0 radical (unpaired) electrons. The molecule has 0 spiro atoms.